The zero-order valence-corrected chi connectivity index (χ0v) is 16.4. The number of hydrogen-bond acceptors (Lipinski definition) is 4. The Morgan fingerprint density at radius 3 is 2.41 bits per heavy atom. The average molecular weight is 398 g/mol. The van der Waals surface area contributed by atoms with Gasteiger partial charge in [0, 0.05) is 5.69 Å². The second kappa shape index (κ2) is 10.00. The van der Waals surface area contributed by atoms with Crippen LogP contribution >= 0.6 is 0 Å². The van der Waals surface area contributed by atoms with Crippen molar-refractivity contribution in [1.29, 1.82) is 0 Å². The van der Waals surface area contributed by atoms with Gasteiger partial charge in [0.1, 0.15) is 12.4 Å². The molecular formula is C21H24BFN2O4. The zero-order chi connectivity index (χ0) is 21.6. The third-order valence-electron chi connectivity index (χ3n) is 4.52. The lowest BCUT2D eigenvalue weighted by Crippen LogP contribution is -2.51. The number of hydrogen-bond donors (Lipinski definition) is 3. The monoisotopic (exact) mass is 398 g/mol. The van der Waals surface area contributed by atoms with Crippen molar-refractivity contribution in [1.82, 2.24) is 5.32 Å². The number of nitrogens with zero attached hydrogens (tertiary/aromatic N) is 1. The zero-order valence-electron chi connectivity index (χ0n) is 16.4. The standard InChI is InChI=1S/C21H24BFN2O4/c1-4-21(27)25(18-9-7-17(23)8-10-18)13-20(26)24-19(22(28)29)12-16-6-5-14(2)11-15(16)3/h4-11,19,28-29H,1,12-13H2,2-3H3,(H,24,26). The molecule has 2 aromatic rings. The summed E-state index contributed by atoms with van der Waals surface area (Å²) >= 11 is 0. The highest BCUT2D eigenvalue weighted by Gasteiger charge is 2.27. The fourth-order valence-electron chi connectivity index (χ4n) is 2.97. The molecule has 0 bridgehead atoms. The Morgan fingerprint density at radius 1 is 1.21 bits per heavy atom. The number of benzene rings is 2. The van der Waals surface area contributed by atoms with Crippen molar-refractivity contribution in [2.75, 3.05) is 11.4 Å². The highest BCUT2D eigenvalue weighted by molar-refractivity contribution is 6.43. The number of rotatable bonds is 8. The Balaban J connectivity index is 2.13. The van der Waals surface area contributed by atoms with E-state index in [2.05, 4.69) is 11.9 Å². The van der Waals surface area contributed by atoms with Gasteiger partial charge in [-0.2, -0.15) is 0 Å². The van der Waals surface area contributed by atoms with Gasteiger partial charge in [-0.05, 0) is 61.7 Å². The number of halogens is 1. The minimum atomic E-state index is -1.78. The molecule has 2 amide bonds. The van der Waals surface area contributed by atoms with Gasteiger partial charge in [0.25, 0.3) is 5.91 Å². The largest absolute Gasteiger partial charge is 0.475 e. The van der Waals surface area contributed by atoms with E-state index in [0.29, 0.717) is 5.69 Å². The van der Waals surface area contributed by atoms with Crippen LogP contribution in [0.2, 0.25) is 0 Å². The molecule has 1 atom stereocenters. The number of carbonyl (C=O) groups is 2. The van der Waals surface area contributed by atoms with E-state index in [-0.39, 0.29) is 13.0 Å². The Bertz CT molecular complexity index is 887. The number of aryl methyl sites for hydroxylation is 2. The third-order valence-corrected chi connectivity index (χ3v) is 4.52. The summed E-state index contributed by atoms with van der Waals surface area (Å²) in [6.07, 6.45) is 1.26. The van der Waals surface area contributed by atoms with E-state index >= 15 is 0 Å². The van der Waals surface area contributed by atoms with Gasteiger partial charge in [0.05, 0.1) is 5.94 Å². The van der Waals surface area contributed by atoms with Crippen LogP contribution in [0.25, 0.3) is 0 Å². The number of carbonyl (C=O) groups excluding carboxylic acids is 2. The predicted octanol–water partition coefficient (Wildman–Crippen LogP) is 1.70. The van der Waals surface area contributed by atoms with Crippen LogP contribution in [-0.4, -0.2) is 41.5 Å². The van der Waals surface area contributed by atoms with Gasteiger partial charge in [-0.15, -0.1) is 0 Å². The van der Waals surface area contributed by atoms with Crippen molar-refractivity contribution in [2.45, 2.75) is 26.2 Å². The molecule has 0 saturated heterocycles. The van der Waals surface area contributed by atoms with Crippen LogP contribution in [0.15, 0.2) is 55.1 Å². The number of nitrogens with one attached hydrogen (secondary N) is 1. The molecule has 0 heterocycles. The quantitative estimate of drug-likeness (QED) is 0.467. The van der Waals surface area contributed by atoms with Crippen molar-refractivity contribution in [3.05, 3.63) is 77.6 Å². The summed E-state index contributed by atoms with van der Waals surface area (Å²) in [5.41, 5.74) is 3.24. The molecule has 0 aliphatic rings. The second-order valence-corrected chi connectivity index (χ2v) is 6.83. The number of anilines is 1. The SMILES string of the molecule is C=CC(=O)N(CC(=O)NC(Cc1ccc(C)cc1C)B(O)O)c1ccc(F)cc1. The first kappa shape index (κ1) is 22.3. The molecule has 2 aromatic carbocycles. The average Bonchev–Trinajstić information content (AvgIpc) is 2.67. The summed E-state index contributed by atoms with van der Waals surface area (Å²) in [5.74, 6) is -2.56. The van der Waals surface area contributed by atoms with Crippen LogP contribution in [-0.2, 0) is 16.0 Å². The van der Waals surface area contributed by atoms with Crippen LogP contribution in [0.4, 0.5) is 10.1 Å². The molecule has 0 aliphatic carbocycles. The summed E-state index contributed by atoms with van der Waals surface area (Å²) in [4.78, 5) is 25.8. The van der Waals surface area contributed by atoms with E-state index in [0.717, 1.165) is 27.7 Å². The Labute approximate surface area is 169 Å². The van der Waals surface area contributed by atoms with Crippen LogP contribution in [0, 0.1) is 19.7 Å². The Morgan fingerprint density at radius 2 is 1.86 bits per heavy atom. The van der Waals surface area contributed by atoms with E-state index in [1.165, 1.54) is 24.3 Å². The predicted molar refractivity (Wildman–Crippen MR) is 111 cm³/mol. The lowest BCUT2D eigenvalue weighted by atomic mass is 9.75. The molecule has 0 aliphatic heterocycles. The first-order chi connectivity index (χ1) is 13.7. The molecule has 3 N–H and O–H groups in total. The van der Waals surface area contributed by atoms with Gasteiger partial charge in [-0.3, -0.25) is 14.5 Å². The minimum Gasteiger partial charge on any atom is -0.426 e. The van der Waals surface area contributed by atoms with Gasteiger partial charge in [-0.25, -0.2) is 4.39 Å². The van der Waals surface area contributed by atoms with Gasteiger partial charge < -0.3 is 15.4 Å². The molecule has 6 nitrogen and oxygen atoms in total. The molecule has 2 rings (SSSR count). The molecule has 8 heteroatoms. The molecule has 0 aromatic heterocycles. The summed E-state index contributed by atoms with van der Waals surface area (Å²) in [6.45, 7) is 6.90. The van der Waals surface area contributed by atoms with Crippen LogP contribution in [0.1, 0.15) is 16.7 Å². The van der Waals surface area contributed by atoms with Crippen molar-refractivity contribution in [3.8, 4) is 0 Å². The van der Waals surface area contributed by atoms with E-state index in [1.54, 1.807) is 0 Å². The molecule has 0 saturated carbocycles. The van der Waals surface area contributed by atoms with Crippen molar-refractivity contribution >= 4 is 24.6 Å². The first-order valence-electron chi connectivity index (χ1n) is 9.12. The molecular weight excluding hydrogens is 374 g/mol. The lowest BCUT2D eigenvalue weighted by Gasteiger charge is -2.24. The van der Waals surface area contributed by atoms with Crippen LogP contribution in [0.3, 0.4) is 0 Å². The summed E-state index contributed by atoms with van der Waals surface area (Å²) in [6, 6.07) is 10.9. The Hall–Kier alpha value is -2.97. The lowest BCUT2D eigenvalue weighted by molar-refractivity contribution is -0.122. The molecule has 152 valence electrons. The molecule has 0 radical (unpaired) electrons. The maximum atomic E-state index is 13.2. The fourth-order valence-corrected chi connectivity index (χ4v) is 2.97. The highest BCUT2D eigenvalue weighted by atomic mass is 19.1. The highest BCUT2D eigenvalue weighted by Crippen LogP contribution is 2.16. The van der Waals surface area contributed by atoms with E-state index < -0.39 is 30.7 Å². The number of amides is 2. The molecule has 29 heavy (non-hydrogen) atoms. The smallest absolute Gasteiger partial charge is 0.426 e. The third kappa shape index (κ3) is 6.27. The minimum absolute atomic E-state index is 0.210. The van der Waals surface area contributed by atoms with Gasteiger partial charge in [0.2, 0.25) is 5.91 Å². The fraction of sp³-hybridized carbons (Fsp3) is 0.238. The maximum absolute atomic E-state index is 13.2. The van der Waals surface area contributed by atoms with Crippen molar-refractivity contribution < 1.29 is 24.0 Å². The van der Waals surface area contributed by atoms with E-state index in [4.69, 9.17) is 0 Å². The molecule has 0 fully saturated rings. The van der Waals surface area contributed by atoms with E-state index in [9.17, 15) is 24.0 Å². The van der Waals surface area contributed by atoms with Gasteiger partial charge in [-0.1, -0.05) is 30.3 Å². The van der Waals surface area contributed by atoms with Gasteiger partial charge in [0.15, 0.2) is 0 Å². The second-order valence-electron chi connectivity index (χ2n) is 6.83. The summed E-state index contributed by atoms with van der Waals surface area (Å²) in [5, 5.41) is 22.0. The van der Waals surface area contributed by atoms with Crippen LogP contribution in [0.5, 0.6) is 0 Å². The maximum Gasteiger partial charge on any atom is 0.475 e. The van der Waals surface area contributed by atoms with Crippen LogP contribution < -0.4 is 10.2 Å². The topological polar surface area (TPSA) is 89.9 Å². The van der Waals surface area contributed by atoms with E-state index in [1.807, 2.05) is 32.0 Å². The van der Waals surface area contributed by atoms with Gasteiger partial charge >= 0.3 is 7.12 Å². The van der Waals surface area contributed by atoms with Crippen molar-refractivity contribution in [2.24, 2.45) is 0 Å². The summed E-state index contributed by atoms with van der Waals surface area (Å²) in [7, 11) is -1.78. The normalized spacial score (nSPS) is 11.5. The Kier molecular flexibility index (Phi) is 7.70. The molecule has 1 unspecified atom stereocenters. The first-order valence-corrected chi connectivity index (χ1v) is 9.12. The summed E-state index contributed by atoms with van der Waals surface area (Å²) < 4.78 is 13.2. The van der Waals surface area contributed by atoms with Crippen molar-refractivity contribution in [3.63, 3.8) is 0 Å². The molecule has 0 spiro atoms.